The van der Waals surface area contributed by atoms with Gasteiger partial charge in [0.25, 0.3) is 0 Å². The molecule has 0 fully saturated rings. The van der Waals surface area contributed by atoms with Crippen molar-refractivity contribution in [1.29, 1.82) is 0 Å². The van der Waals surface area contributed by atoms with Crippen LogP contribution in [-0.2, 0) is 11.8 Å². The molecule has 2 aromatic heterocycles. The molecule has 11 rings (SSSR count). The Balaban J connectivity index is 1.13. The third-order valence-corrected chi connectivity index (χ3v) is 12.0. The fourth-order valence-corrected chi connectivity index (χ4v) is 9.23. The molecule has 276 valence electrons. The second kappa shape index (κ2) is 13.5. The fourth-order valence-electron chi connectivity index (χ4n) is 9.23. The molecule has 5 nitrogen and oxygen atoms in total. The van der Waals surface area contributed by atoms with Crippen LogP contribution >= 0.6 is 0 Å². The first-order valence-corrected chi connectivity index (χ1v) is 20.0. The summed E-state index contributed by atoms with van der Waals surface area (Å²) in [7, 11) is 0. The zero-order valence-electron chi connectivity index (χ0n) is 32.4. The molecule has 0 saturated heterocycles. The third-order valence-electron chi connectivity index (χ3n) is 12.0. The van der Waals surface area contributed by atoms with Gasteiger partial charge in [0, 0.05) is 45.0 Å². The number of nitrogens with zero attached hydrogens (tertiary/aromatic N) is 5. The lowest BCUT2D eigenvalue weighted by atomic mass is 9.82. The molecule has 9 aromatic rings. The molecule has 7 aromatic carbocycles. The number of aromatic nitrogens is 4. The van der Waals surface area contributed by atoms with Gasteiger partial charge in [-0.2, -0.15) is 0 Å². The number of hydrogen-bond donors (Lipinski definition) is 0. The molecule has 58 heavy (non-hydrogen) atoms. The molecular weight excluding hydrogens is 707 g/mol. The van der Waals surface area contributed by atoms with E-state index < -0.39 is 0 Å². The molecule has 0 unspecified atom stereocenters. The first-order valence-electron chi connectivity index (χ1n) is 20.0. The highest BCUT2D eigenvalue weighted by Gasteiger charge is 2.38. The van der Waals surface area contributed by atoms with Gasteiger partial charge in [-0.1, -0.05) is 166 Å². The van der Waals surface area contributed by atoms with Crippen molar-refractivity contribution in [2.75, 3.05) is 0 Å². The van der Waals surface area contributed by atoms with E-state index in [1.807, 2.05) is 12.1 Å². The van der Waals surface area contributed by atoms with E-state index >= 15 is 0 Å². The topological polar surface area (TPSA) is 56.0 Å². The molecule has 5 heteroatoms. The van der Waals surface area contributed by atoms with Crippen LogP contribution in [0, 0.1) is 0 Å². The van der Waals surface area contributed by atoms with Crippen LogP contribution in [0.15, 0.2) is 175 Å². The molecule has 2 aliphatic rings. The van der Waals surface area contributed by atoms with E-state index in [1.54, 1.807) is 0 Å². The normalized spacial score (nSPS) is 13.6. The van der Waals surface area contributed by atoms with Gasteiger partial charge in [-0.15, -0.1) is 0 Å². The van der Waals surface area contributed by atoms with Crippen LogP contribution in [0.5, 0.6) is 0 Å². The lowest BCUT2D eigenvalue weighted by Gasteiger charge is -2.22. The quantitative estimate of drug-likeness (QED) is 0.170. The molecule has 0 N–H and O–H groups in total. The molecule has 1 aliphatic carbocycles. The van der Waals surface area contributed by atoms with Crippen molar-refractivity contribution < 1.29 is 0 Å². The van der Waals surface area contributed by atoms with Gasteiger partial charge in [0.15, 0.2) is 17.5 Å². The van der Waals surface area contributed by atoms with Crippen molar-refractivity contribution in [1.82, 2.24) is 19.5 Å². The van der Waals surface area contributed by atoms with Gasteiger partial charge in [0.1, 0.15) is 5.82 Å². The van der Waals surface area contributed by atoms with Gasteiger partial charge < -0.3 is 0 Å². The van der Waals surface area contributed by atoms with Gasteiger partial charge in [-0.3, -0.25) is 4.57 Å². The van der Waals surface area contributed by atoms with Crippen molar-refractivity contribution in [3.05, 3.63) is 187 Å². The molecule has 0 bridgehead atoms. The minimum Gasteiger partial charge on any atom is -0.294 e. The van der Waals surface area contributed by atoms with E-state index in [2.05, 4.69) is 182 Å². The minimum absolute atomic E-state index is 0.276. The summed E-state index contributed by atoms with van der Waals surface area (Å²) in [6.07, 6.45) is 4.02. The van der Waals surface area contributed by atoms with Crippen LogP contribution < -0.4 is 0 Å². The number of hydrogen-bond acceptors (Lipinski definition) is 4. The third kappa shape index (κ3) is 5.38. The highest BCUT2D eigenvalue weighted by molar-refractivity contribution is 5.95. The summed E-state index contributed by atoms with van der Waals surface area (Å²) in [5, 5.41) is 1.28. The van der Waals surface area contributed by atoms with Crippen molar-refractivity contribution >= 4 is 22.9 Å². The average molecular weight is 746 g/mol. The van der Waals surface area contributed by atoms with E-state index in [1.165, 1.54) is 38.7 Å². The number of aliphatic imine (C=N–C) groups is 1. The molecular formula is C53H39N5. The Bertz CT molecular complexity index is 2980. The number of benzene rings is 7. The molecule has 0 saturated carbocycles. The predicted molar refractivity (Wildman–Crippen MR) is 238 cm³/mol. The largest absolute Gasteiger partial charge is 0.294 e. The van der Waals surface area contributed by atoms with Crippen molar-refractivity contribution in [2.24, 2.45) is 4.99 Å². The Hall–Kier alpha value is -7.24. The predicted octanol–water partition coefficient (Wildman–Crippen LogP) is 13.1. The summed E-state index contributed by atoms with van der Waals surface area (Å²) < 4.78 is 2.35. The highest BCUT2D eigenvalue weighted by atomic mass is 15.1. The second-order valence-corrected chi connectivity index (χ2v) is 15.7. The molecule has 3 heterocycles. The van der Waals surface area contributed by atoms with Gasteiger partial charge in [0.2, 0.25) is 0 Å². The highest BCUT2D eigenvalue weighted by Crippen LogP contribution is 2.53. The Kier molecular flexibility index (Phi) is 7.90. The lowest BCUT2D eigenvalue weighted by Crippen LogP contribution is -2.15. The summed E-state index contributed by atoms with van der Waals surface area (Å²) in [4.78, 5) is 21.0. The number of rotatable bonds is 6. The summed E-state index contributed by atoms with van der Waals surface area (Å²) in [5.41, 5.74) is 15.5. The number of aryl methyl sites for hydroxylation is 1. The van der Waals surface area contributed by atoms with Crippen LogP contribution in [-0.4, -0.2) is 25.7 Å². The Labute approximate surface area is 338 Å². The van der Waals surface area contributed by atoms with Crippen molar-refractivity contribution in [3.63, 3.8) is 0 Å². The molecule has 0 radical (unpaired) electrons. The molecule has 0 atom stereocenters. The zero-order valence-corrected chi connectivity index (χ0v) is 32.4. The summed E-state index contributed by atoms with van der Waals surface area (Å²) in [5.74, 6) is 2.96. The van der Waals surface area contributed by atoms with Crippen LogP contribution in [0.4, 0.5) is 5.82 Å². The molecule has 0 spiro atoms. The molecule has 1 aliphatic heterocycles. The maximum Gasteiger partial charge on any atom is 0.164 e. The maximum atomic E-state index is 5.38. The van der Waals surface area contributed by atoms with Crippen molar-refractivity contribution in [2.45, 2.75) is 32.1 Å². The van der Waals surface area contributed by atoms with Gasteiger partial charge in [0.05, 0.1) is 5.52 Å². The molecule has 0 amide bonds. The van der Waals surface area contributed by atoms with Crippen LogP contribution in [0.2, 0.25) is 0 Å². The van der Waals surface area contributed by atoms with Gasteiger partial charge in [-0.05, 0) is 75.5 Å². The average Bonchev–Trinajstić information content (AvgIpc) is 3.75. The van der Waals surface area contributed by atoms with E-state index in [-0.39, 0.29) is 5.41 Å². The van der Waals surface area contributed by atoms with Gasteiger partial charge in [-0.25, -0.2) is 19.9 Å². The lowest BCUT2D eigenvalue weighted by molar-refractivity contribution is 0.660. The summed E-state index contributed by atoms with van der Waals surface area (Å²) in [6.45, 7) is 4.67. The first kappa shape index (κ1) is 34.0. The van der Waals surface area contributed by atoms with Gasteiger partial charge >= 0.3 is 0 Å². The van der Waals surface area contributed by atoms with E-state index in [0.29, 0.717) is 17.5 Å². The van der Waals surface area contributed by atoms with Crippen LogP contribution in [0.3, 0.4) is 0 Å². The summed E-state index contributed by atoms with van der Waals surface area (Å²) in [6, 6.07) is 60.1. The fraction of sp³-hybridized carbons (Fsp3) is 0.0943. The van der Waals surface area contributed by atoms with Crippen LogP contribution in [0.1, 0.15) is 37.0 Å². The summed E-state index contributed by atoms with van der Waals surface area (Å²) >= 11 is 0. The van der Waals surface area contributed by atoms with E-state index in [9.17, 15) is 0 Å². The zero-order chi connectivity index (χ0) is 38.8. The maximum absolute atomic E-state index is 5.38. The Morgan fingerprint density at radius 1 is 0.483 bits per heavy atom. The smallest absolute Gasteiger partial charge is 0.164 e. The first-order chi connectivity index (χ1) is 28.5. The van der Waals surface area contributed by atoms with Crippen LogP contribution in [0.25, 0.3) is 84.1 Å². The van der Waals surface area contributed by atoms with E-state index in [4.69, 9.17) is 19.9 Å². The monoisotopic (exact) mass is 745 g/mol. The standard InChI is InChI=1S/C53H39N5/c1-53(2)45-28-15-26-44(48(45)43-31-30-36(33-46(43)53)58-47-29-14-13-23-39(47)42-27-16-32-54-52(42)58)51-56-49(40-24-11-9-21-37(40)34-17-5-3-6-18-34)55-50(57-51)41-25-12-10-22-38(41)35-19-7-4-8-20-35/h3-15,17-26,28-33H,16,27H2,1-2H3. The van der Waals surface area contributed by atoms with E-state index in [0.717, 1.165) is 63.3 Å². The second-order valence-electron chi connectivity index (χ2n) is 15.7. The van der Waals surface area contributed by atoms with Crippen molar-refractivity contribution in [3.8, 4) is 73.2 Å². The SMILES string of the molecule is CC1(C)c2cc(-n3c4c(c5ccccc53)CCC=N4)ccc2-c2c(-c3nc(-c4ccccc4-c4ccccc4)nc(-c4ccccc4-c4ccccc4)n3)cccc21. The minimum atomic E-state index is -0.276. The number of para-hydroxylation sites is 1. The Morgan fingerprint density at radius 3 is 1.69 bits per heavy atom. The Morgan fingerprint density at radius 2 is 1.03 bits per heavy atom. The number of fused-ring (bicyclic) bond motifs is 6.